The molecule has 2 amide bonds. The molecule has 1 aliphatic rings. The summed E-state index contributed by atoms with van der Waals surface area (Å²) in [4.78, 5) is 30.0. The summed E-state index contributed by atoms with van der Waals surface area (Å²) in [7, 11) is 1.60. The Hall–Kier alpha value is -4.41. The van der Waals surface area contributed by atoms with E-state index in [-0.39, 0.29) is 23.0 Å². The first-order chi connectivity index (χ1) is 17.0. The second-order valence-corrected chi connectivity index (χ2v) is 8.09. The van der Waals surface area contributed by atoms with Crippen LogP contribution in [0.5, 0.6) is 5.75 Å². The molecular formula is C27H21ClN4O3. The van der Waals surface area contributed by atoms with Gasteiger partial charge in [-0.3, -0.25) is 9.59 Å². The Kier molecular flexibility index (Phi) is 7.24. The van der Waals surface area contributed by atoms with Crippen LogP contribution in [-0.2, 0) is 11.2 Å². The van der Waals surface area contributed by atoms with Gasteiger partial charge in [0.2, 0.25) is 0 Å². The van der Waals surface area contributed by atoms with Gasteiger partial charge in [0.15, 0.2) is 0 Å². The van der Waals surface area contributed by atoms with Gasteiger partial charge in [0.1, 0.15) is 23.2 Å². The van der Waals surface area contributed by atoms with Crippen molar-refractivity contribution in [2.24, 2.45) is 4.99 Å². The molecule has 2 N–H and O–H groups in total. The molecule has 4 rings (SSSR count). The van der Waals surface area contributed by atoms with E-state index < -0.39 is 5.91 Å². The second-order valence-electron chi connectivity index (χ2n) is 7.66. The largest absolute Gasteiger partial charge is 0.497 e. The van der Waals surface area contributed by atoms with Gasteiger partial charge in [-0.25, -0.2) is 4.99 Å². The smallest absolute Gasteiger partial charge is 0.264 e. The van der Waals surface area contributed by atoms with Crippen LogP contribution >= 0.6 is 11.6 Å². The molecule has 0 unspecified atom stereocenters. The summed E-state index contributed by atoms with van der Waals surface area (Å²) in [6.45, 7) is 0.342. The zero-order chi connectivity index (χ0) is 24.8. The predicted octanol–water partition coefficient (Wildman–Crippen LogP) is 4.13. The molecular weight excluding hydrogens is 464 g/mol. The number of ether oxygens (including phenoxy) is 1. The molecule has 0 atom stereocenters. The zero-order valence-corrected chi connectivity index (χ0v) is 19.6. The number of aliphatic imine (C=N–C) groups is 1. The Balaban J connectivity index is 1.53. The summed E-state index contributed by atoms with van der Waals surface area (Å²) in [6, 6.07) is 23.1. The van der Waals surface area contributed by atoms with E-state index in [1.165, 1.54) is 0 Å². The van der Waals surface area contributed by atoms with Crippen molar-refractivity contribution in [2.45, 2.75) is 6.42 Å². The number of methoxy groups -OCH3 is 1. The van der Waals surface area contributed by atoms with Crippen molar-refractivity contribution in [1.82, 2.24) is 10.6 Å². The second kappa shape index (κ2) is 10.7. The van der Waals surface area contributed by atoms with Crippen molar-refractivity contribution in [1.29, 1.82) is 5.26 Å². The number of nitrogens with one attached hydrogen (secondary N) is 2. The third-order valence-electron chi connectivity index (χ3n) is 5.43. The molecule has 0 aromatic heterocycles. The van der Waals surface area contributed by atoms with Crippen LogP contribution in [0, 0.1) is 11.3 Å². The number of carbonyl (C=O) groups is 2. The van der Waals surface area contributed by atoms with Crippen LogP contribution in [0.15, 0.2) is 83.4 Å². The fourth-order valence-corrected chi connectivity index (χ4v) is 3.73. The van der Waals surface area contributed by atoms with Crippen LogP contribution in [0.2, 0.25) is 5.02 Å². The molecule has 3 aromatic rings. The average molecular weight is 485 g/mol. The minimum atomic E-state index is -0.528. The summed E-state index contributed by atoms with van der Waals surface area (Å²) >= 11 is 5.90. The summed E-state index contributed by atoms with van der Waals surface area (Å²) in [5.74, 6) is 0.124. The summed E-state index contributed by atoms with van der Waals surface area (Å²) in [5, 5.41) is 15.9. The zero-order valence-electron chi connectivity index (χ0n) is 18.8. The number of halogens is 1. The quantitative estimate of drug-likeness (QED) is 0.405. The van der Waals surface area contributed by atoms with Crippen molar-refractivity contribution in [2.75, 3.05) is 13.7 Å². The fourth-order valence-electron chi connectivity index (χ4n) is 3.61. The molecule has 3 aromatic carbocycles. The number of carbonyl (C=O) groups excluding carboxylic acids is 2. The highest BCUT2D eigenvalue weighted by atomic mass is 35.5. The molecule has 0 fully saturated rings. The lowest BCUT2D eigenvalue weighted by Crippen LogP contribution is -2.30. The van der Waals surface area contributed by atoms with Gasteiger partial charge in [-0.2, -0.15) is 5.26 Å². The maximum Gasteiger partial charge on any atom is 0.264 e. The molecule has 0 bridgehead atoms. The standard InChI is InChI=1S/C27H21ClN4O3/c1-35-20-12-6-17(7-13-20)14-15-30-27(34)23(16-29)24-21-4-2-3-5-22(21)25(31-24)32-26(33)18-8-10-19(28)11-9-18/h2-13H,14-15H2,1H3,(H,30,34)(H,31,32,33)/b24-23-. The number of amidine groups is 1. The van der Waals surface area contributed by atoms with Crippen molar-refractivity contribution >= 4 is 34.9 Å². The van der Waals surface area contributed by atoms with Gasteiger partial charge in [0, 0.05) is 28.3 Å². The summed E-state index contributed by atoms with van der Waals surface area (Å²) in [6.07, 6.45) is 0.589. The first-order valence-electron chi connectivity index (χ1n) is 10.8. The molecule has 1 heterocycles. The molecule has 0 spiro atoms. The van der Waals surface area contributed by atoms with Gasteiger partial charge in [-0.1, -0.05) is 48.0 Å². The highest BCUT2D eigenvalue weighted by Crippen LogP contribution is 2.30. The molecule has 8 heteroatoms. The Bertz CT molecular complexity index is 1370. The summed E-state index contributed by atoms with van der Waals surface area (Å²) in [5.41, 5.74) is 2.75. The number of amides is 2. The number of hydrogen-bond acceptors (Lipinski definition) is 5. The van der Waals surface area contributed by atoms with Gasteiger partial charge >= 0.3 is 0 Å². The van der Waals surface area contributed by atoms with Crippen LogP contribution in [-0.4, -0.2) is 31.3 Å². The molecule has 1 aliphatic heterocycles. The molecule has 35 heavy (non-hydrogen) atoms. The van der Waals surface area contributed by atoms with Gasteiger partial charge in [-0.05, 0) is 48.4 Å². The number of benzene rings is 3. The molecule has 0 saturated heterocycles. The molecule has 0 aliphatic carbocycles. The average Bonchev–Trinajstić information content (AvgIpc) is 3.23. The normalized spacial score (nSPS) is 13.2. The number of fused-ring (bicyclic) bond motifs is 1. The molecule has 0 radical (unpaired) electrons. The number of nitrogens with zero attached hydrogens (tertiary/aromatic N) is 2. The van der Waals surface area contributed by atoms with Crippen LogP contribution in [0.3, 0.4) is 0 Å². The lowest BCUT2D eigenvalue weighted by atomic mass is 10.0. The SMILES string of the molecule is COc1ccc(CCNC(=O)/C(C#N)=C2\N=C(NC(=O)c3ccc(Cl)cc3)c3ccccc32)cc1. The first-order valence-corrected chi connectivity index (χ1v) is 11.2. The van der Waals surface area contributed by atoms with E-state index in [0.29, 0.717) is 34.7 Å². The van der Waals surface area contributed by atoms with Crippen molar-refractivity contribution in [3.63, 3.8) is 0 Å². The molecule has 0 saturated carbocycles. The van der Waals surface area contributed by atoms with Gasteiger partial charge in [0.05, 0.1) is 12.8 Å². The van der Waals surface area contributed by atoms with Crippen molar-refractivity contribution < 1.29 is 14.3 Å². The van der Waals surface area contributed by atoms with Gasteiger partial charge < -0.3 is 15.4 Å². The minimum Gasteiger partial charge on any atom is -0.497 e. The van der Waals surface area contributed by atoms with E-state index in [4.69, 9.17) is 16.3 Å². The number of hydrogen-bond donors (Lipinski definition) is 2. The molecule has 174 valence electrons. The highest BCUT2D eigenvalue weighted by molar-refractivity contribution is 6.30. The van der Waals surface area contributed by atoms with Crippen molar-refractivity contribution in [3.8, 4) is 11.8 Å². The maximum atomic E-state index is 12.9. The monoisotopic (exact) mass is 484 g/mol. The Labute approximate surface area is 207 Å². The van der Waals surface area contributed by atoms with E-state index in [9.17, 15) is 14.9 Å². The minimum absolute atomic E-state index is 0.122. The predicted molar refractivity (Wildman–Crippen MR) is 134 cm³/mol. The Morgan fingerprint density at radius 3 is 2.34 bits per heavy atom. The van der Waals surface area contributed by atoms with Crippen LogP contribution in [0.25, 0.3) is 5.70 Å². The van der Waals surface area contributed by atoms with E-state index in [1.807, 2.05) is 30.3 Å². The number of nitriles is 1. The molecule has 7 nitrogen and oxygen atoms in total. The van der Waals surface area contributed by atoms with Crippen molar-refractivity contribution in [3.05, 3.63) is 106 Å². The van der Waals surface area contributed by atoms with E-state index in [0.717, 1.165) is 11.3 Å². The number of rotatable bonds is 6. The lowest BCUT2D eigenvalue weighted by molar-refractivity contribution is -0.117. The van der Waals surface area contributed by atoms with E-state index in [2.05, 4.69) is 15.6 Å². The lowest BCUT2D eigenvalue weighted by Gasteiger charge is -2.07. The highest BCUT2D eigenvalue weighted by Gasteiger charge is 2.27. The third-order valence-corrected chi connectivity index (χ3v) is 5.69. The summed E-state index contributed by atoms with van der Waals surface area (Å²) < 4.78 is 5.15. The van der Waals surface area contributed by atoms with Crippen LogP contribution in [0.1, 0.15) is 27.0 Å². The third kappa shape index (κ3) is 5.40. The van der Waals surface area contributed by atoms with Gasteiger partial charge in [-0.15, -0.1) is 0 Å². The van der Waals surface area contributed by atoms with Crippen LogP contribution in [0.4, 0.5) is 0 Å². The fraction of sp³-hybridized carbons (Fsp3) is 0.111. The van der Waals surface area contributed by atoms with Gasteiger partial charge in [0.25, 0.3) is 11.8 Å². The van der Waals surface area contributed by atoms with E-state index in [1.54, 1.807) is 55.6 Å². The Morgan fingerprint density at radius 2 is 1.69 bits per heavy atom. The van der Waals surface area contributed by atoms with E-state index >= 15 is 0 Å². The first kappa shape index (κ1) is 23.7. The maximum absolute atomic E-state index is 12.9. The Morgan fingerprint density at radius 1 is 1.00 bits per heavy atom. The topological polar surface area (TPSA) is 104 Å². The van der Waals surface area contributed by atoms with Crippen LogP contribution < -0.4 is 15.4 Å².